The molecule has 0 N–H and O–H groups in total. The average Bonchev–Trinajstić information content (AvgIpc) is 3.07. The highest BCUT2D eigenvalue weighted by molar-refractivity contribution is 5.93. The van der Waals surface area contributed by atoms with Crippen LogP contribution in [0.15, 0.2) is 36.5 Å². The number of hydrogen-bond donors (Lipinski definition) is 0. The van der Waals surface area contributed by atoms with E-state index in [1.54, 1.807) is 6.20 Å². The summed E-state index contributed by atoms with van der Waals surface area (Å²) in [7, 11) is 1.91. The SMILES string of the molecule is CCCC[C@@H]1CN(C(=O)c2cnc(-c3ccccc3)n2C)C[C@H](C(C)C)O1. The second kappa shape index (κ2) is 8.70. The number of unbranched alkanes of at least 4 members (excludes halogenated alkanes) is 1. The van der Waals surface area contributed by atoms with E-state index >= 15 is 0 Å². The lowest BCUT2D eigenvalue weighted by Crippen LogP contribution is -2.51. The fourth-order valence-electron chi connectivity index (χ4n) is 3.62. The van der Waals surface area contributed by atoms with Gasteiger partial charge in [-0.3, -0.25) is 4.79 Å². The number of ether oxygens (including phenoxy) is 1. The number of carbonyl (C=O) groups excluding carboxylic acids is 1. The molecule has 0 unspecified atom stereocenters. The van der Waals surface area contributed by atoms with Crippen LogP contribution in [0.25, 0.3) is 11.4 Å². The summed E-state index contributed by atoms with van der Waals surface area (Å²) in [6, 6.07) is 9.98. The topological polar surface area (TPSA) is 47.4 Å². The van der Waals surface area contributed by atoms with Crippen molar-refractivity contribution in [2.75, 3.05) is 13.1 Å². The maximum atomic E-state index is 13.3. The van der Waals surface area contributed by atoms with Crippen molar-refractivity contribution in [1.29, 1.82) is 0 Å². The van der Waals surface area contributed by atoms with E-state index < -0.39 is 0 Å². The minimum absolute atomic E-state index is 0.0441. The standard InChI is InChI=1S/C22H31N3O2/c1-5-6-12-18-14-25(15-20(27-18)16(2)3)22(26)19-13-23-21(24(19)4)17-10-8-7-9-11-17/h7-11,13,16,18,20H,5-6,12,14-15H2,1-4H3/t18-,20-/m1/s1. The van der Waals surface area contributed by atoms with Crippen LogP contribution in [-0.4, -0.2) is 45.7 Å². The molecule has 2 atom stereocenters. The molecule has 1 aromatic carbocycles. The molecule has 2 heterocycles. The molecule has 1 aromatic heterocycles. The Hall–Kier alpha value is -2.14. The van der Waals surface area contributed by atoms with Crippen molar-refractivity contribution >= 4 is 5.91 Å². The fraction of sp³-hybridized carbons (Fsp3) is 0.545. The van der Waals surface area contributed by atoms with Gasteiger partial charge in [-0.15, -0.1) is 0 Å². The van der Waals surface area contributed by atoms with Gasteiger partial charge in [-0.25, -0.2) is 4.98 Å². The molecule has 1 fully saturated rings. The number of imidazole rings is 1. The number of morpholine rings is 1. The predicted molar refractivity (Wildman–Crippen MR) is 108 cm³/mol. The van der Waals surface area contributed by atoms with Crippen LogP contribution in [0.2, 0.25) is 0 Å². The van der Waals surface area contributed by atoms with Crippen LogP contribution in [0.4, 0.5) is 0 Å². The summed E-state index contributed by atoms with van der Waals surface area (Å²) in [5, 5.41) is 0. The third-order valence-corrected chi connectivity index (χ3v) is 5.34. The molecule has 0 radical (unpaired) electrons. The summed E-state index contributed by atoms with van der Waals surface area (Å²) in [5.41, 5.74) is 1.65. The van der Waals surface area contributed by atoms with Gasteiger partial charge in [0.15, 0.2) is 0 Å². The first-order valence-electron chi connectivity index (χ1n) is 10.0. The molecule has 27 heavy (non-hydrogen) atoms. The maximum absolute atomic E-state index is 13.3. The molecule has 0 spiro atoms. The van der Waals surface area contributed by atoms with Crippen molar-refractivity contribution in [3.63, 3.8) is 0 Å². The normalized spacial score (nSPS) is 20.3. The zero-order valence-electron chi connectivity index (χ0n) is 16.9. The van der Waals surface area contributed by atoms with E-state index in [4.69, 9.17) is 4.74 Å². The third-order valence-electron chi connectivity index (χ3n) is 5.34. The molecule has 2 aromatic rings. The van der Waals surface area contributed by atoms with E-state index in [1.165, 1.54) is 0 Å². The molecule has 146 valence electrons. The Bertz CT molecular complexity index is 754. The molecule has 1 amide bonds. The van der Waals surface area contributed by atoms with Gasteiger partial charge >= 0.3 is 0 Å². The van der Waals surface area contributed by atoms with Gasteiger partial charge in [0.25, 0.3) is 5.91 Å². The number of aromatic nitrogens is 2. The van der Waals surface area contributed by atoms with Crippen molar-refractivity contribution in [3.05, 3.63) is 42.2 Å². The number of benzene rings is 1. The summed E-state index contributed by atoms with van der Waals surface area (Å²) in [6.07, 6.45) is 5.18. The maximum Gasteiger partial charge on any atom is 0.272 e. The lowest BCUT2D eigenvalue weighted by Gasteiger charge is -2.40. The molecule has 1 aliphatic rings. The Morgan fingerprint density at radius 1 is 1.26 bits per heavy atom. The Morgan fingerprint density at radius 3 is 2.67 bits per heavy atom. The van der Waals surface area contributed by atoms with Gasteiger partial charge in [0.05, 0.1) is 18.4 Å². The van der Waals surface area contributed by atoms with Crippen LogP contribution in [-0.2, 0) is 11.8 Å². The first kappa shape index (κ1) is 19.6. The smallest absolute Gasteiger partial charge is 0.272 e. The summed E-state index contributed by atoms with van der Waals surface area (Å²) in [4.78, 5) is 19.7. The molecule has 0 aliphatic carbocycles. The van der Waals surface area contributed by atoms with Crippen molar-refractivity contribution in [2.24, 2.45) is 13.0 Å². The zero-order valence-corrected chi connectivity index (χ0v) is 16.9. The molecule has 5 nitrogen and oxygen atoms in total. The third kappa shape index (κ3) is 4.41. The fourth-order valence-corrected chi connectivity index (χ4v) is 3.62. The summed E-state index contributed by atoms with van der Waals surface area (Å²) in [5.74, 6) is 1.24. The number of nitrogens with zero attached hydrogens (tertiary/aromatic N) is 3. The molecular formula is C22H31N3O2. The van der Waals surface area contributed by atoms with Gasteiger partial charge in [0.1, 0.15) is 11.5 Å². The molecule has 0 saturated carbocycles. The van der Waals surface area contributed by atoms with Crippen LogP contribution in [0, 0.1) is 5.92 Å². The Morgan fingerprint density at radius 2 is 2.00 bits per heavy atom. The van der Waals surface area contributed by atoms with Crippen molar-refractivity contribution in [3.8, 4) is 11.4 Å². The summed E-state index contributed by atoms with van der Waals surface area (Å²) < 4.78 is 8.16. The Labute approximate surface area is 162 Å². The van der Waals surface area contributed by atoms with Crippen LogP contribution in [0.1, 0.15) is 50.5 Å². The van der Waals surface area contributed by atoms with Crippen LogP contribution in [0.3, 0.4) is 0 Å². The number of rotatable bonds is 6. The van der Waals surface area contributed by atoms with E-state index in [0.29, 0.717) is 24.7 Å². The van der Waals surface area contributed by atoms with Gasteiger partial charge in [-0.1, -0.05) is 63.9 Å². The first-order chi connectivity index (χ1) is 13.0. The number of amides is 1. The van der Waals surface area contributed by atoms with Crippen LogP contribution < -0.4 is 0 Å². The minimum atomic E-state index is 0.0441. The highest BCUT2D eigenvalue weighted by Gasteiger charge is 2.33. The highest BCUT2D eigenvalue weighted by Crippen LogP contribution is 2.24. The summed E-state index contributed by atoms with van der Waals surface area (Å²) >= 11 is 0. The molecule has 1 saturated heterocycles. The summed E-state index contributed by atoms with van der Waals surface area (Å²) in [6.45, 7) is 7.81. The van der Waals surface area contributed by atoms with Gasteiger partial charge in [-0.2, -0.15) is 0 Å². The van der Waals surface area contributed by atoms with E-state index in [9.17, 15) is 4.79 Å². The van der Waals surface area contributed by atoms with Gasteiger partial charge in [0.2, 0.25) is 0 Å². The zero-order chi connectivity index (χ0) is 19.4. The van der Waals surface area contributed by atoms with E-state index in [2.05, 4.69) is 25.8 Å². The van der Waals surface area contributed by atoms with Gasteiger partial charge < -0.3 is 14.2 Å². The van der Waals surface area contributed by atoms with Gasteiger partial charge in [-0.05, 0) is 12.3 Å². The van der Waals surface area contributed by atoms with E-state index in [-0.39, 0.29) is 18.1 Å². The molecule has 5 heteroatoms. The second-order valence-electron chi connectivity index (χ2n) is 7.79. The lowest BCUT2D eigenvalue weighted by atomic mass is 10.0. The Kier molecular flexibility index (Phi) is 6.32. The minimum Gasteiger partial charge on any atom is -0.371 e. The van der Waals surface area contributed by atoms with Gasteiger partial charge in [0, 0.05) is 25.7 Å². The van der Waals surface area contributed by atoms with E-state index in [0.717, 1.165) is 30.7 Å². The highest BCUT2D eigenvalue weighted by atomic mass is 16.5. The van der Waals surface area contributed by atoms with Crippen molar-refractivity contribution in [1.82, 2.24) is 14.5 Å². The first-order valence-corrected chi connectivity index (χ1v) is 10.0. The quantitative estimate of drug-likeness (QED) is 0.769. The van der Waals surface area contributed by atoms with Crippen molar-refractivity contribution in [2.45, 2.75) is 52.2 Å². The molecule has 1 aliphatic heterocycles. The Balaban J connectivity index is 1.80. The monoisotopic (exact) mass is 369 g/mol. The molecule has 3 rings (SSSR count). The lowest BCUT2D eigenvalue weighted by molar-refractivity contribution is -0.0964. The largest absolute Gasteiger partial charge is 0.371 e. The predicted octanol–water partition coefficient (Wildman–Crippen LogP) is 4.14. The average molecular weight is 370 g/mol. The van der Waals surface area contributed by atoms with Crippen molar-refractivity contribution < 1.29 is 9.53 Å². The molecular weight excluding hydrogens is 338 g/mol. The molecule has 0 bridgehead atoms. The number of hydrogen-bond acceptors (Lipinski definition) is 3. The van der Waals surface area contributed by atoms with Crippen LogP contribution >= 0.6 is 0 Å². The second-order valence-corrected chi connectivity index (χ2v) is 7.79. The number of carbonyl (C=O) groups is 1. The van der Waals surface area contributed by atoms with Crippen LogP contribution in [0.5, 0.6) is 0 Å². The van der Waals surface area contributed by atoms with E-state index in [1.807, 2.05) is 46.8 Å².